The lowest BCUT2D eigenvalue weighted by Gasteiger charge is -2.12. The third-order valence-electron chi connectivity index (χ3n) is 3.25. The quantitative estimate of drug-likeness (QED) is 0.672. The maximum absolute atomic E-state index is 13.2. The molecule has 0 spiro atoms. The highest BCUT2D eigenvalue weighted by Crippen LogP contribution is 2.09. The summed E-state index contributed by atoms with van der Waals surface area (Å²) in [5, 5.41) is 6.25. The number of aliphatic imine (C=N–C) groups is 1. The van der Waals surface area contributed by atoms with Crippen LogP contribution >= 0.6 is 0 Å². The fourth-order valence-electron chi connectivity index (χ4n) is 2.06. The average molecular weight is 303 g/mol. The van der Waals surface area contributed by atoms with E-state index < -0.39 is 0 Å². The number of benzene rings is 2. The Balaban J connectivity index is 1.88. The summed E-state index contributed by atoms with van der Waals surface area (Å²) in [7, 11) is 1.66. The monoisotopic (exact) mass is 303 g/mol. The summed E-state index contributed by atoms with van der Waals surface area (Å²) in [6.07, 6.45) is 0. The normalized spacial score (nSPS) is 11.4. The number of rotatable bonds is 4. The Morgan fingerprint density at radius 2 is 1.68 bits per heavy atom. The van der Waals surface area contributed by atoms with Gasteiger partial charge in [0.25, 0.3) is 0 Å². The van der Waals surface area contributed by atoms with E-state index >= 15 is 0 Å². The summed E-state index contributed by atoms with van der Waals surface area (Å²) in [4.78, 5) is 4.11. The minimum absolute atomic E-state index is 0.211. The van der Waals surface area contributed by atoms with E-state index in [1.165, 1.54) is 18.2 Å². The summed E-state index contributed by atoms with van der Waals surface area (Å²) in [5.41, 5.74) is 2.41. The van der Waals surface area contributed by atoms with Crippen LogP contribution in [0.25, 0.3) is 0 Å². The van der Waals surface area contributed by atoms with Crippen LogP contribution in [-0.4, -0.2) is 13.0 Å². The van der Waals surface area contributed by atoms with Crippen LogP contribution in [0.15, 0.2) is 47.5 Å². The molecule has 2 rings (SSSR count). The van der Waals surface area contributed by atoms with E-state index in [9.17, 15) is 8.78 Å². The molecule has 0 amide bonds. The Hall–Kier alpha value is -2.43. The van der Waals surface area contributed by atoms with E-state index in [0.29, 0.717) is 24.6 Å². The molecular formula is C17H19F2N3. The predicted octanol–water partition coefficient (Wildman–Crippen LogP) is 3.14. The fraction of sp³-hybridized carbons (Fsp3) is 0.235. The highest BCUT2D eigenvalue weighted by atomic mass is 19.1. The van der Waals surface area contributed by atoms with Crippen molar-refractivity contribution in [3.05, 3.63) is 70.8 Å². The fourth-order valence-corrected chi connectivity index (χ4v) is 2.06. The van der Waals surface area contributed by atoms with Gasteiger partial charge in [-0.15, -0.1) is 0 Å². The van der Waals surface area contributed by atoms with Crippen LogP contribution in [0.5, 0.6) is 0 Å². The molecule has 0 heterocycles. The standard InChI is InChI=1S/C17H19F2N3/c1-12-8-14(6-7-16(12)19)11-22-17(20-2)21-10-13-4-3-5-15(18)9-13/h3-9H,10-11H2,1-2H3,(H2,20,21,22). The van der Waals surface area contributed by atoms with E-state index in [2.05, 4.69) is 15.6 Å². The molecule has 0 radical (unpaired) electrons. The predicted molar refractivity (Wildman–Crippen MR) is 84.6 cm³/mol. The molecular weight excluding hydrogens is 284 g/mol. The van der Waals surface area contributed by atoms with Crippen LogP contribution in [0, 0.1) is 18.6 Å². The lowest BCUT2D eigenvalue weighted by Crippen LogP contribution is -2.36. The van der Waals surface area contributed by atoms with Crippen LogP contribution in [0.3, 0.4) is 0 Å². The maximum Gasteiger partial charge on any atom is 0.191 e. The van der Waals surface area contributed by atoms with Crippen LogP contribution in [-0.2, 0) is 13.1 Å². The van der Waals surface area contributed by atoms with Gasteiger partial charge in [-0.25, -0.2) is 8.78 Å². The molecule has 0 unspecified atom stereocenters. The summed E-state index contributed by atoms with van der Waals surface area (Å²) in [6.45, 7) is 2.74. The number of nitrogens with zero attached hydrogens (tertiary/aromatic N) is 1. The zero-order chi connectivity index (χ0) is 15.9. The summed E-state index contributed by atoms with van der Waals surface area (Å²) < 4.78 is 26.3. The number of nitrogens with one attached hydrogen (secondary N) is 2. The largest absolute Gasteiger partial charge is 0.352 e. The Bertz CT molecular complexity index is 669. The SMILES string of the molecule is CN=C(NCc1cccc(F)c1)NCc1ccc(F)c(C)c1. The third kappa shape index (κ3) is 4.55. The van der Waals surface area contributed by atoms with Crippen LogP contribution in [0.2, 0.25) is 0 Å². The first-order valence-corrected chi connectivity index (χ1v) is 7.02. The summed E-state index contributed by atoms with van der Waals surface area (Å²) in [6, 6.07) is 11.4. The molecule has 2 N–H and O–H groups in total. The topological polar surface area (TPSA) is 36.4 Å². The van der Waals surface area contributed by atoms with E-state index in [1.54, 1.807) is 32.2 Å². The number of halogens is 2. The zero-order valence-corrected chi connectivity index (χ0v) is 12.7. The lowest BCUT2D eigenvalue weighted by atomic mass is 10.1. The Labute approximate surface area is 129 Å². The maximum atomic E-state index is 13.2. The number of hydrogen-bond acceptors (Lipinski definition) is 1. The number of guanidine groups is 1. The minimum atomic E-state index is -0.260. The van der Waals surface area contributed by atoms with Gasteiger partial charge >= 0.3 is 0 Å². The first kappa shape index (κ1) is 15.9. The first-order valence-electron chi connectivity index (χ1n) is 7.02. The molecule has 0 aliphatic heterocycles. The molecule has 0 aliphatic rings. The van der Waals surface area contributed by atoms with Gasteiger partial charge in [-0.1, -0.05) is 24.3 Å². The minimum Gasteiger partial charge on any atom is -0.352 e. The van der Waals surface area contributed by atoms with E-state index in [1.807, 2.05) is 6.07 Å². The molecule has 22 heavy (non-hydrogen) atoms. The van der Waals surface area contributed by atoms with Gasteiger partial charge in [0.15, 0.2) is 5.96 Å². The van der Waals surface area contributed by atoms with Crippen LogP contribution < -0.4 is 10.6 Å². The van der Waals surface area contributed by atoms with Gasteiger partial charge in [0, 0.05) is 20.1 Å². The molecule has 0 atom stereocenters. The van der Waals surface area contributed by atoms with Crippen molar-refractivity contribution in [1.29, 1.82) is 0 Å². The highest BCUT2D eigenvalue weighted by molar-refractivity contribution is 5.79. The van der Waals surface area contributed by atoms with Crippen molar-refractivity contribution in [2.45, 2.75) is 20.0 Å². The van der Waals surface area contributed by atoms with Crippen molar-refractivity contribution in [2.75, 3.05) is 7.05 Å². The second-order valence-electron chi connectivity index (χ2n) is 4.99. The molecule has 2 aromatic carbocycles. The van der Waals surface area contributed by atoms with E-state index in [0.717, 1.165) is 11.1 Å². The Morgan fingerprint density at radius 1 is 1.00 bits per heavy atom. The second kappa shape index (κ2) is 7.54. The average Bonchev–Trinajstić information content (AvgIpc) is 2.51. The van der Waals surface area contributed by atoms with Gasteiger partial charge in [0.1, 0.15) is 11.6 Å². The summed E-state index contributed by atoms with van der Waals surface area (Å²) >= 11 is 0. The van der Waals surface area contributed by atoms with Crippen molar-refractivity contribution in [1.82, 2.24) is 10.6 Å². The van der Waals surface area contributed by atoms with E-state index in [-0.39, 0.29) is 11.6 Å². The van der Waals surface area contributed by atoms with Crippen LogP contribution in [0.1, 0.15) is 16.7 Å². The van der Waals surface area contributed by atoms with Gasteiger partial charge in [0.05, 0.1) is 0 Å². The van der Waals surface area contributed by atoms with Crippen molar-refractivity contribution in [3.63, 3.8) is 0 Å². The van der Waals surface area contributed by atoms with Gasteiger partial charge < -0.3 is 10.6 Å². The molecule has 0 saturated heterocycles. The molecule has 3 nitrogen and oxygen atoms in total. The molecule has 2 aromatic rings. The molecule has 0 aromatic heterocycles. The third-order valence-corrected chi connectivity index (χ3v) is 3.25. The molecule has 5 heteroatoms. The van der Waals surface area contributed by atoms with Gasteiger partial charge in [-0.05, 0) is 41.8 Å². The number of hydrogen-bond donors (Lipinski definition) is 2. The molecule has 0 aliphatic carbocycles. The second-order valence-corrected chi connectivity index (χ2v) is 4.99. The van der Waals surface area contributed by atoms with Gasteiger partial charge in [0.2, 0.25) is 0 Å². The van der Waals surface area contributed by atoms with Crippen molar-refractivity contribution >= 4 is 5.96 Å². The van der Waals surface area contributed by atoms with Gasteiger partial charge in [-0.3, -0.25) is 4.99 Å². The van der Waals surface area contributed by atoms with Crippen molar-refractivity contribution in [3.8, 4) is 0 Å². The van der Waals surface area contributed by atoms with Crippen molar-refractivity contribution in [2.24, 2.45) is 4.99 Å². The smallest absolute Gasteiger partial charge is 0.191 e. The summed E-state index contributed by atoms with van der Waals surface area (Å²) in [5.74, 6) is 0.132. The number of aryl methyl sites for hydroxylation is 1. The van der Waals surface area contributed by atoms with Gasteiger partial charge in [-0.2, -0.15) is 0 Å². The first-order chi connectivity index (χ1) is 10.6. The highest BCUT2D eigenvalue weighted by Gasteiger charge is 2.02. The molecule has 116 valence electrons. The molecule has 0 bridgehead atoms. The lowest BCUT2D eigenvalue weighted by molar-refractivity contribution is 0.617. The van der Waals surface area contributed by atoms with Crippen molar-refractivity contribution < 1.29 is 8.78 Å². The Kier molecular flexibility index (Phi) is 5.47. The Morgan fingerprint density at radius 3 is 2.27 bits per heavy atom. The molecule has 0 saturated carbocycles. The van der Waals surface area contributed by atoms with E-state index in [4.69, 9.17) is 0 Å². The van der Waals surface area contributed by atoms with Crippen LogP contribution in [0.4, 0.5) is 8.78 Å². The zero-order valence-electron chi connectivity index (χ0n) is 12.7. The molecule has 0 fully saturated rings.